The van der Waals surface area contributed by atoms with Gasteiger partial charge in [-0.15, -0.1) is 0 Å². The van der Waals surface area contributed by atoms with E-state index < -0.39 is 0 Å². The molecule has 88 valence electrons. The molecule has 0 bridgehead atoms. The molecule has 1 saturated carbocycles. The Labute approximate surface area is 101 Å². The fourth-order valence-electron chi connectivity index (χ4n) is 2.48. The molecule has 3 heteroatoms. The highest BCUT2D eigenvalue weighted by Crippen LogP contribution is 2.33. The molecular weight excluding hydrogens is 224 g/mol. The fraction of sp³-hybridized carbons (Fsp3) is 0.615. The molecule has 16 heavy (non-hydrogen) atoms. The van der Waals surface area contributed by atoms with E-state index in [9.17, 15) is 4.79 Å². The van der Waals surface area contributed by atoms with E-state index in [0.717, 1.165) is 18.8 Å². The molecule has 0 unspecified atom stereocenters. The first-order chi connectivity index (χ1) is 7.70. The van der Waals surface area contributed by atoms with Crippen LogP contribution in [0.1, 0.15) is 49.6 Å². The molecule has 1 fully saturated rings. The van der Waals surface area contributed by atoms with Crippen molar-refractivity contribution in [2.24, 2.45) is 11.8 Å². The highest BCUT2D eigenvalue weighted by atomic mass is 35.5. The van der Waals surface area contributed by atoms with Gasteiger partial charge < -0.3 is 4.42 Å². The van der Waals surface area contributed by atoms with E-state index in [0.29, 0.717) is 11.0 Å². The maximum atomic E-state index is 12.1. The molecule has 0 saturated heterocycles. The van der Waals surface area contributed by atoms with Gasteiger partial charge in [-0.2, -0.15) is 0 Å². The summed E-state index contributed by atoms with van der Waals surface area (Å²) in [5.74, 6) is 1.50. The van der Waals surface area contributed by atoms with E-state index in [2.05, 4.69) is 6.92 Å². The van der Waals surface area contributed by atoms with Gasteiger partial charge in [0, 0.05) is 5.92 Å². The fourth-order valence-corrected chi connectivity index (χ4v) is 2.63. The van der Waals surface area contributed by atoms with Gasteiger partial charge in [-0.25, -0.2) is 0 Å². The molecule has 1 aromatic rings. The van der Waals surface area contributed by atoms with Crippen molar-refractivity contribution in [3.8, 4) is 0 Å². The predicted molar refractivity (Wildman–Crippen MR) is 63.8 cm³/mol. The molecule has 1 aliphatic carbocycles. The van der Waals surface area contributed by atoms with Crippen molar-refractivity contribution in [3.05, 3.63) is 23.1 Å². The van der Waals surface area contributed by atoms with E-state index in [1.165, 1.54) is 19.3 Å². The minimum Gasteiger partial charge on any atom is -0.442 e. The average Bonchev–Trinajstić information content (AvgIpc) is 2.75. The lowest BCUT2D eigenvalue weighted by Gasteiger charge is -2.26. The Morgan fingerprint density at radius 3 is 2.56 bits per heavy atom. The Bertz CT molecular complexity index is 362. The third kappa shape index (κ3) is 2.49. The van der Waals surface area contributed by atoms with Crippen molar-refractivity contribution in [1.29, 1.82) is 0 Å². The molecule has 1 heterocycles. The molecule has 2 nitrogen and oxygen atoms in total. The lowest BCUT2D eigenvalue weighted by molar-refractivity contribution is 0.0842. The van der Waals surface area contributed by atoms with Gasteiger partial charge in [0.1, 0.15) is 0 Å². The Hall–Kier alpha value is -0.760. The Morgan fingerprint density at radius 1 is 1.38 bits per heavy atom. The van der Waals surface area contributed by atoms with E-state index in [1.54, 1.807) is 12.1 Å². The number of halogens is 1. The Balaban J connectivity index is 1.96. The summed E-state index contributed by atoms with van der Waals surface area (Å²) < 4.78 is 5.17. The number of rotatable bonds is 3. The Kier molecular flexibility index (Phi) is 3.70. The summed E-state index contributed by atoms with van der Waals surface area (Å²) in [6.45, 7) is 2.22. The number of hydrogen-bond acceptors (Lipinski definition) is 2. The van der Waals surface area contributed by atoms with Crippen LogP contribution in [0, 0.1) is 11.8 Å². The standard InChI is InChI=1S/C13H17ClO2/c1-2-9-3-5-10(6-4-9)13(15)11-7-8-12(14)16-11/h7-10H,2-6H2,1H3. The summed E-state index contributed by atoms with van der Waals surface area (Å²) >= 11 is 5.67. The molecule has 2 rings (SSSR count). The van der Waals surface area contributed by atoms with Crippen molar-refractivity contribution in [3.63, 3.8) is 0 Å². The van der Waals surface area contributed by atoms with Crippen LogP contribution in [0.5, 0.6) is 0 Å². The smallest absolute Gasteiger partial charge is 0.201 e. The molecule has 0 amide bonds. The molecule has 0 radical (unpaired) electrons. The molecular formula is C13H17ClO2. The first-order valence-electron chi connectivity index (χ1n) is 6.00. The van der Waals surface area contributed by atoms with Crippen LogP contribution in [0.3, 0.4) is 0 Å². The second-order valence-electron chi connectivity index (χ2n) is 4.59. The first kappa shape index (κ1) is 11.7. The number of furan rings is 1. The lowest BCUT2D eigenvalue weighted by atomic mass is 9.78. The van der Waals surface area contributed by atoms with Crippen molar-refractivity contribution >= 4 is 17.4 Å². The van der Waals surface area contributed by atoms with Crippen LogP contribution in [-0.2, 0) is 0 Å². The van der Waals surface area contributed by atoms with Gasteiger partial charge in [0.2, 0.25) is 5.78 Å². The topological polar surface area (TPSA) is 30.2 Å². The number of hydrogen-bond donors (Lipinski definition) is 0. The number of carbonyl (C=O) groups is 1. The molecule has 0 aliphatic heterocycles. The van der Waals surface area contributed by atoms with E-state index in [1.807, 2.05) is 0 Å². The van der Waals surface area contributed by atoms with Gasteiger partial charge in [0.05, 0.1) is 0 Å². The second kappa shape index (κ2) is 5.05. The monoisotopic (exact) mass is 240 g/mol. The second-order valence-corrected chi connectivity index (χ2v) is 4.97. The van der Waals surface area contributed by atoms with Crippen molar-refractivity contribution in [2.45, 2.75) is 39.0 Å². The summed E-state index contributed by atoms with van der Waals surface area (Å²) in [6, 6.07) is 3.31. The summed E-state index contributed by atoms with van der Waals surface area (Å²) in [7, 11) is 0. The van der Waals surface area contributed by atoms with Crippen LogP contribution < -0.4 is 0 Å². The molecule has 0 N–H and O–H groups in total. The van der Waals surface area contributed by atoms with Crippen molar-refractivity contribution in [1.82, 2.24) is 0 Å². The third-order valence-corrected chi connectivity index (χ3v) is 3.81. The molecule has 0 spiro atoms. The Morgan fingerprint density at radius 2 is 2.06 bits per heavy atom. The van der Waals surface area contributed by atoms with Crippen LogP contribution in [0.25, 0.3) is 0 Å². The molecule has 0 aromatic carbocycles. The van der Waals surface area contributed by atoms with Crippen LogP contribution in [0.15, 0.2) is 16.5 Å². The van der Waals surface area contributed by atoms with Crippen LogP contribution in [0.2, 0.25) is 5.22 Å². The van der Waals surface area contributed by atoms with Gasteiger partial charge in [0.15, 0.2) is 11.0 Å². The normalized spacial score (nSPS) is 25.6. The van der Waals surface area contributed by atoms with Gasteiger partial charge >= 0.3 is 0 Å². The van der Waals surface area contributed by atoms with Crippen LogP contribution >= 0.6 is 11.6 Å². The van der Waals surface area contributed by atoms with Crippen molar-refractivity contribution in [2.75, 3.05) is 0 Å². The number of Topliss-reactive ketones (excluding diaryl/α,β-unsaturated/α-hetero) is 1. The van der Waals surface area contributed by atoms with Crippen LogP contribution in [-0.4, -0.2) is 5.78 Å². The molecule has 1 aromatic heterocycles. The molecule has 0 atom stereocenters. The summed E-state index contributed by atoms with van der Waals surface area (Å²) in [6.07, 6.45) is 5.56. The van der Waals surface area contributed by atoms with Gasteiger partial charge in [-0.1, -0.05) is 13.3 Å². The van der Waals surface area contributed by atoms with E-state index in [-0.39, 0.29) is 11.7 Å². The zero-order chi connectivity index (χ0) is 11.5. The zero-order valence-corrected chi connectivity index (χ0v) is 10.3. The zero-order valence-electron chi connectivity index (χ0n) is 9.54. The predicted octanol–water partition coefficient (Wildman–Crippen LogP) is 4.33. The summed E-state index contributed by atoms with van der Waals surface area (Å²) in [5.41, 5.74) is 0. The maximum Gasteiger partial charge on any atom is 0.201 e. The minimum atomic E-state index is 0.126. The van der Waals surface area contributed by atoms with Crippen LogP contribution in [0.4, 0.5) is 0 Å². The first-order valence-corrected chi connectivity index (χ1v) is 6.38. The molecule has 1 aliphatic rings. The highest BCUT2D eigenvalue weighted by molar-refractivity contribution is 6.29. The summed E-state index contributed by atoms with van der Waals surface area (Å²) in [5, 5.41) is 0.297. The van der Waals surface area contributed by atoms with Gasteiger partial charge in [0.25, 0.3) is 0 Å². The highest BCUT2D eigenvalue weighted by Gasteiger charge is 2.27. The largest absolute Gasteiger partial charge is 0.442 e. The van der Waals surface area contributed by atoms with E-state index in [4.69, 9.17) is 16.0 Å². The van der Waals surface area contributed by atoms with Gasteiger partial charge in [-0.05, 0) is 55.3 Å². The minimum absolute atomic E-state index is 0.126. The van der Waals surface area contributed by atoms with Gasteiger partial charge in [-0.3, -0.25) is 4.79 Å². The SMILES string of the molecule is CCC1CCC(C(=O)c2ccc(Cl)o2)CC1. The quantitative estimate of drug-likeness (QED) is 0.736. The van der Waals surface area contributed by atoms with Crippen molar-refractivity contribution < 1.29 is 9.21 Å². The summed E-state index contributed by atoms with van der Waals surface area (Å²) in [4.78, 5) is 12.1. The average molecular weight is 241 g/mol. The number of carbonyl (C=O) groups excluding carboxylic acids is 1. The maximum absolute atomic E-state index is 12.1. The number of ketones is 1. The lowest BCUT2D eigenvalue weighted by Crippen LogP contribution is -2.21. The van der Waals surface area contributed by atoms with E-state index >= 15 is 0 Å². The third-order valence-electron chi connectivity index (χ3n) is 3.61.